The largest absolute Gasteiger partial charge is 0.465 e. The van der Waals surface area contributed by atoms with Crippen LogP contribution in [-0.4, -0.2) is 56.4 Å². The van der Waals surface area contributed by atoms with Crippen LogP contribution >= 0.6 is 0 Å². The molecule has 1 amide bonds. The molecule has 0 aromatic heterocycles. The maximum absolute atomic E-state index is 11.7. The van der Waals surface area contributed by atoms with Crippen molar-refractivity contribution in [3.05, 3.63) is 60.2 Å². The summed E-state index contributed by atoms with van der Waals surface area (Å²) in [5, 5.41) is 9.45. The summed E-state index contributed by atoms with van der Waals surface area (Å²) < 4.78 is 24.8. The van der Waals surface area contributed by atoms with Crippen molar-refractivity contribution in [2.24, 2.45) is 0 Å². The van der Waals surface area contributed by atoms with Crippen molar-refractivity contribution in [2.75, 3.05) is 42.2 Å². The summed E-state index contributed by atoms with van der Waals surface area (Å²) in [6.45, 7) is 1.88. The third kappa shape index (κ3) is 3.86. The predicted molar refractivity (Wildman–Crippen MR) is 114 cm³/mol. The molecule has 2 heterocycles. The van der Waals surface area contributed by atoms with Gasteiger partial charge in [-0.25, -0.2) is 13.2 Å². The van der Waals surface area contributed by atoms with Gasteiger partial charge in [0, 0.05) is 31.9 Å². The van der Waals surface area contributed by atoms with E-state index >= 15 is 0 Å². The Labute approximate surface area is 170 Å². The molecule has 0 saturated carbocycles. The molecule has 0 spiro atoms. The Bertz CT molecular complexity index is 1060. The van der Waals surface area contributed by atoms with Gasteiger partial charge in [0.15, 0.2) is 0 Å². The molecule has 0 bridgehead atoms. The number of carbonyl (C=O) groups is 1. The van der Waals surface area contributed by atoms with Crippen molar-refractivity contribution in [1.29, 1.82) is 0 Å². The third-order valence-electron chi connectivity index (χ3n) is 5.43. The van der Waals surface area contributed by atoms with Gasteiger partial charge in [0.2, 0.25) is 10.0 Å². The molecular formula is C21H23N3O4S. The molecular weight excluding hydrogens is 390 g/mol. The highest BCUT2D eigenvalue weighted by molar-refractivity contribution is 7.88. The number of hydrogen-bond acceptors (Lipinski definition) is 4. The third-order valence-corrected chi connectivity index (χ3v) is 6.70. The molecule has 2 aliphatic rings. The lowest BCUT2D eigenvalue weighted by molar-refractivity contribution is 0.201. The summed E-state index contributed by atoms with van der Waals surface area (Å²) in [4.78, 5) is 15.0. The second kappa shape index (κ2) is 7.53. The number of anilines is 3. The molecule has 29 heavy (non-hydrogen) atoms. The summed E-state index contributed by atoms with van der Waals surface area (Å²) in [5.41, 5.74) is 4.79. The van der Waals surface area contributed by atoms with Gasteiger partial charge in [-0.1, -0.05) is 30.3 Å². The zero-order chi connectivity index (χ0) is 20.6. The van der Waals surface area contributed by atoms with E-state index in [9.17, 15) is 18.3 Å². The minimum atomic E-state index is -3.16. The second-order valence-corrected chi connectivity index (χ2v) is 9.20. The van der Waals surface area contributed by atoms with E-state index in [4.69, 9.17) is 0 Å². The molecule has 0 aliphatic carbocycles. The zero-order valence-electron chi connectivity index (χ0n) is 16.2. The molecule has 0 atom stereocenters. The first-order valence-electron chi connectivity index (χ1n) is 9.46. The molecule has 2 aromatic rings. The smallest absolute Gasteiger partial charge is 0.411 e. The molecule has 152 valence electrons. The Kier molecular flexibility index (Phi) is 5.06. The van der Waals surface area contributed by atoms with E-state index in [1.165, 1.54) is 15.5 Å². The molecule has 2 aromatic carbocycles. The van der Waals surface area contributed by atoms with Crippen LogP contribution < -0.4 is 9.80 Å². The lowest BCUT2D eigenvalue weighted by Gasteiger charge is -2.36. The van der Waals surface area contributed by atoms with E-state index in [1.807, 2.05) is 54.6 Å². The summed E-state index contributed by atoms with van der Waals surface area (Å²) in [7, 11) is -3.16. The van der Waals surface area contributed by atoms with Gasteiger partial charge in [-0.2, -0.15) is 4.31 Å². The Hall–Kier alpha value is -2.84. The number of para-hydroxylation sites is 2. The summed E-state index contributed by atoms with van der Waals surface area (Å²) in [6, 6.07) is 15.7. The van der Waals surface area contributed by atoms with Gasteiger partial charge in [0.1, 0.15) is 0 Å². The number of hydrogen-bond donors (Lipinski definition) is 1. The summed E-state index contributed by atoms with van der Waals surface area (Å²) in [6.07, 6.45) is 2.95. The maximum Gasteiger partial charge on any atom is 0.411 e. The Morgan fingerprint density at radius 1 is 0.966 bits per heavy atom. The van der Waals surface area contributed by atoms with E-state index < -0.39 is 16.1 Å². The molecule has 0 unspecified atom stereocenters. The first kappa shape index (κ1) is 19.5. The van der Waals surface area contributed by atoms with Crippen molar-refractivity contribution in [2.45, 2.75) is 6.42 Å². The molecule has 0 fully saturated rings. The average molecular weight is 413 g/mol. The van der Waals surface area contributed by atoms with Crippen molar-refractivity contribution >= 4 is 38.8 Å². The van der Waals surface area contributed by atoms with Crippen LogP contribution in [0.3, 0.4) is 0 Å². The first-order chi connectivity index (χ1) is 13.8. The highest BCUT2D eigenvalue weighted by Gasteiger charge is 2.27. The standard InChI is InChI=1S/C21H23N3O4S/c1-29(27,28)22-12-10-17(11-13-22)16-6-8-18(9-7-16)23-14-15-24(21(25)26)20-5-3-2-4-19(20)23/h2-10H,11-15H2,1H3,(H,25,26). The van der Waals surface area contributed by atoms with Crippen LogP contribution in [0.2, 0.25) is 0 Å². The van der Waals surface area contributed by atoms with E-state index in [-0.39, 0.29) is 0 Å². The number of rotatable bonds is 3. The predicted octanol–water partition coefficient (Wildman–Crippen LogP) is 3.37. The fourth-order valence-electron chi connectivity index (χ4n) is 3.90. The maximum atomic E-state index is 11.7. The van der Waals surface area contributed by atoms with Crippen molar-refractivity contribution < 1.29 is 18.3 Å². The van der Waals surface area contributed by atoms with Gasteiger partial charge in [-0.3, -0.25) is 4.90 Å². The van der Waals surface area contributed by atoms with Crippen LogP contribution in [0, 0.1) is 0 Å². The first-order valence-corrected chi connectivity index (χ1v) is 11.3. The second-order valence-electron chi connectivity index (χ2n) is 7.22. The fourth-order valence-corrected chi connectivity index (χ4v) is 4.67. The molecule has 0 radical (unpaired) electrons. The average Bonchev–Trinajstić information content (AvgIpc) is 2.72. The van der Waals surface area contributed by atoms with Crippen LogP contribution in [0.4, 0.5) is 21.9 Å². The molecule has 0 saturated heterocycles. The van der Waals surface area contributed by atoms with Gasteiger partial charge >= 0.3 is 6.09 Å². The molecule has 4 rings (SSSR count). The molecule has 8 heteroatoms. The Morgan fingerprint density at radius 2 is 1.66 bits per heavy atom. The van der Waals surface area contributed by atoms with Crippen LogP contribution in [0.1, 0.15) is 12.0 Å². The van der Waals surface area contributed by atoms with E-state index in [2.05, 4.69) is 4.90 Å². The lowest BCUT2D eigenvalue weighted by Crippen LogP contribution is -2.41. The monoisotopic (exact) mass is 413 g/mol. The van der Waals surface area contributed by atoms with Crippen LogP contribution in [-0.2, 0) is 10.0 Å². The zero-order valence-corrected chi connectivity index (χ0v) is 17.0. The van der Waals surface area contributed by atoms with Crippen molar-refractivity contribution in [3.8, 4) is 0 Å². The summed E-state index contributed by atoms with van der Waals surface area (Å²) in [5.74, 6) is 0. The van der Waals surface area contributed by atoms with Gasteiger partial charge in [-0.05, 0) is 41.8 Å². The number of sulfonamides is 1. The number of amides is 1. The minimum Gasteiger partial charge on any atom is -0.465 e. The van der Waals surface area contributed by atoms with Crippen molar-refractivity contribution in [1.82, 2.24) is 4.31 Å². The highest BCUT2D eigenvalue weighted by atomic mass is 32.2. The summed E-state index contributed by atoms with van der Waals surface area (Å²) >= 11 is 0. The van der Waals surface area contributed by atoms with E-state index in [1.54, 1.807) is 0 Å². The molecule has 2 aliphatic heterocycles. The van der Waals surface area contributed by atoms with E-state index in [0.717, 1.165) is 22.5 Å². The SMILES string of the molecule is CS(=O)(=O)N1CC=C(c2ccc(N3CCN(C(=O)O)c4ccccc43)cc2)CC1. The Morgan fingerprint density at radius 3 is 2.24 bits per heavy atom. The molecule has 1 N–H and O–H groups in total. The fraction of sp³-hybridized carbons (Fsp3) is 0.286. The van der Waals surface area contributed by atoms with Crippen LogP contribution in [0.25, 0.3) is 5.57 Å². The van der Waals surface area contributed by atoms with Gasteiger partial charge in [-0.15, -0.1) is 0 Å². The molecule has 7 nitrogen and oxygen atoms in total. The normalized spacial score (nSPS) is 17.6. The van der Waals surface area contributed by atoms with Gasteiger partial charge < -0.3 is 10.0 Å². The Balaban J connectivity index is 1.57. The highest BCUT2D eigenvalue weighted by Crippen LogP contribution is 2.38. The van der Waals surface area contributed by atoms with Crippen LogP contribution in [0.15, 0.2) is 54.6 Å². The lowest BCUT2D eigenvalue weighted by atomic mass is 9.99. The van der Waals surface area contributed by atoms with Gasteiger partial charge in [0.25, 0.3) is 0 Å². The van der Waals surface area contributed by atoms with Crippen LogP contribution in [0.5, 0.6) is 0 Å². The number of fused-ring (bicyclic) bond motifs is 1. The quantitative estimate of drug-likeness (QED) is 0.834. The van der Waals surface area contributed by atoms with Gasteiger partial charge in [0.05, 0.1) is 17.6 Å². The number of nitrogens with zero attached hydrogens (tertiary/aromatic N) is 3. The minimum absolute atomic E-state index is 0.403. The van der Waals surface area contributed by atoms with E-state index in [0.29, 0.717) is 38.3 Å². The van der Waals surface area contributed by atoms with Crippen molar-refractivity contribution in [3.63, 3.8) is 0 Å². The number of carboxylic acid groups (broad SMARTS) is 1. The number of benzene rings is 2. The topological polar surface area (TPSA) is 81.2 Å².